The maximum absolute atomic E-state index is 13.0. The van der Waals surface area contributed by atoms with Gasteiger partial charge in [-0.05, 0) is 49.6 Å². The number of benzene rings is 2. The number of carbonyl (C=O) groups is 2. The van der Waals surface area contributed by atoms with Crippen molar-refractivity contribution in [1.82, 2.24) is 14.9 Å². The van der Waals surface area contributed by atoms with Crippen LogP contribution in [0.1, 0.15) is 17.5 Å². The van der Waals surface area contributed by atoms with Gasteiger partial charge < -0.3 is 20.1 Å². The molecule has 2 aromatic rings. The van der Waals surface area contributed by atoms with E-state index in [4.69, 9.17) is 9.47 Å². The Kier molecular flexibility index (Phi) is 8.43. The summed E-state index contributed by atoms with van der Waals surface area (Å²) in [6.07, 6.45) is 0.208. The molecule has 2 N–H and O–H groups in total. The molecule has 0 aliphatic carbocycles. The Balaban J connectivity index is 1.51. The lowest BCUT2D eigenvalue weighted by Gasteiger charge is -2.34. The number of amides is 2. The molecule has 3 rings (SSSR count). The molecule has 1 heterocycles. The lowest BCUT2D eigenvalue weighted by molar-refractivity contribution is -0.140. The lowest BCUT2D eigenvalue weighted by Crippen LogP contribution is -2.53. The molecule has 1 fully saturated rings. The SMILES string of the molecule is COc1ccc(CCNC(=O)C(=O)NC[C@H]2OCCCN2S(=O)(=O)c2ccc(C)cc2)cc1. The molecule has 0 unspecified atom stereocenters. The number of carbonyl (C=O) groups excluding carboxylic acids is 2. The molecule has 1 saturated heterocycles. The lowest BCUT2D eigenvalue weighted by atomic mass is 10.1. The number of rotatable bonds is 8. The highest BCUT2D eigenvalue weighted by Crippen LogP contribution is 2.22. The molecule has 2 amide bonds. The number of hydrogen-bond donors (Lipinski definition) is 2. The molecule has 178 valence electrons. The molecule has 0 bridgehead atoms. The number of methoxy groups -OCH3 is 1. The Bertz CT molecular complexity index is 1050. The zero-order valence-corrected chi connectivity index (χ0v) is 19.6. The van der Waals surface area contributed by atoms with Gasteiger partial charge in [-0.2, -0.15) is 4.31 Å². The molecule has 1 atom stereocenters. The van der Waals surface area contributed by atoms with Gasteiger partial charge in [0.15, 0.2) is 0 Å². The van der Waals surface area contributed by atoms with Crippen molar-refractivity contribution in [3.05, 3.63) is 59.7 Å². The summed E-state index contributed by atoms with van der Waals surface area (Å²) in [5.41, 5.74) is 1.94. The Hall–Kier alpha value is -2.95. The molecule has 33 heavy (non-hydrogen) atoms. The van der Waals surface area contributed by atoms with Crippen LogP contribution in [0, 0.1) is 6.92 Å². The Labute approximate surface area is 194 Å². The highest BCUT2D eigenvalue weighted by molar-refractivity contribution is 7.89. The van der Waals surface area contributed by atoms with Crippen LogP contribution in [0.15, 0.2) is 53.4 Å². The van der Waals surface area contributed by atoms with Gasteiger partial charge in [-0.25, -0.2) is 8.42 Å². The summed E-state index contributed by atoms with van der Waals surface area (Å²) in [5.74, 6) is -0.885. The fourth-order valence-electron chi connectivity index (χ4n) is 3.40. The van der Waals surface area contributed by atoms with Gasteiger partial charge >= 0.3 is 11.8 Å². The maximum Gasteiger partial charge on any atom is 0.309 e. The summed E-state index contributed by atoms with van der Waals surface area (Å²) < 4.78 is 38.0. The number of aryl methyl sites for hydroxylation is 1. The van der Waals surface area contributed by atoms with Crippen LogP contribution in [0.3, 0.4) is 0 Å². The second-order valence-corrected chi connectivity index (χ2v) is 9.56. The molecule has 2 aromatic carbocycles. The van der Waals surface area contributed by atoms with E-state index in [9.17, 15) is 18.0 Å². The quantitative estimate of drug-likeness (QED) is 0.555. The molecule has 0 radical (unpaired) electrons. The van der Waals surface area contributed by atoms with Gasteiger partial charge in [0.25, 0.3) is 0 Å². The number of ether oxygens (including phenoxy) is 2. The van der Waals surface area contributed by atoms with Crippen LogP contribution in [0.2, 0.25) is 0 Å². The van der Waals surface area contributed by atoms with Crippen LogP contribution < -0.4 is 15.4 Å². The molecule has 10 heteroatoms. The van der Waals surface area contributed by atoms with Crippen LogP contribution in [0.4, 0.5) is 0 Å². The average Bonchev–Trinajstić information content (AvgIpc) is 2.83. The first-order valence-electron chi connectivity index (χ1n) is 10.7. The minimum absolute atomic E-state index is 0.129. The first kappa shape index (κ1) is 24.7. The fourth-order valence-corrected chi connectivity index (χ4v) is 4.97. The van der Waals surface area contributed by atoms with Gasteiger partial charge in [-0.1, -0.05) is 29.8 Å². The summed E-state index contributed by atoms with van der Waals surface area (Å²) in [6, 6.07) is 14.0. The molecule has 1 aliphatic heterocycles. The topological polar surface area (TPSA) is 114 Å². The number of hydrogen-bond acceptors (Lipinski definition) is 6. The van der Waals surface area contributed by atoms with E-state index >= 15 is 0 Å². The second kappa shape index (κ2) is 11.3. The maximum atomic E-state index is 13.0. The molecule has 0 spiro atoms. The van der Waals surface area contributed by atoms with Crippen LogP contribution in [-0.4, -0.2) is 64.1 Å². The van der Waals surface area contributed by atoms with Crippen LogP contribution in [-0.2, 0) is 30.8 Å². The molecule has 9 nitrogen and oxygen atoms in total. The van der Waals surface area contributed by atoms with Gasteiger partial charge in [0.05, 0.1) is 25.2 Å². The van der Waals surface area contributed by atoms with E-state index in [0.717, 1.165) is 16.9 Å². The Morgan fingerprint density at radius 1 is 1.06 bits per heavy atom. The van der Waals surface area contributed by atoms with E-state index in [1.165, 1.54) is 4.31 Å². The van der Waals surface area contributed by atoms with Crippen LogP contribution >= 0.6 is 0 Å². The van der Waals surface area contributed by atoms with Gasteiger partial charge in [-0.3, -0.25) is 9.59 Å². The van der Waals surface area contributed by atoms with Crippen LogP contribution in [0.25, 0.3) is 0 Å². The summed E-state index contributed by atoms with van der Waals surface area (Å²) in [4.78, 5) is 24.5. The van der Waals surface area contributed by atoms with Crippen molar-refractivity contribution in [2.24, 2.45) is 0 Å². The van der Waals surface area contributed by atoms with Crippen molar-refractivity contribution in [2.45, 2.75) is 30.9 Å². The average molecular weight is 476 g/mol. The minimum Gasteiger partial charge on any atom is -0.497 e. The van der Waals surface area contributed by atoms with E-state index < -0.39 is 28.1 Å². The Morgan fingerprint density at radius 2 is 1.73 bits per heavy atom. The zero-order chi connectivity index (χ0) is 23.8. The third-order valence-electron chi connectivity index (χ3n) is 5.28. The first-order valence-corrected chi connectivity index (χ1v) is 12.1. The monoisotopic (exact) mass is 475 g/mol. The predicted octanol–water partition coefficient (Wildman–Crippen LogP) is 1.22. The van der Waals surface area contributed by atoms with Gasteiger partial charge in [0, 0.05) is 13.1 Å². The van der Waals surface area contributed by atoms with E-state index in [0.29, 0.717) is 19.4 Å². The third kappa shape index (κ3) is 6.53. The summed E-state index contributed by atoms with van der Waals surface area (Å²) >= 11 is 0. The van der Waals surface area contributed by atoms with E-state index in [2.05, 4.69) is 10.6 Å². The van der Waals surface area contributed by atoms with E-state index in [-0.39, 0.29) is 24.5 Å². The van der Waals surface area contributed by atoms with Gasteiger partial charge in [-0.15, -0.1) is 0 Å². The molecule has 0 saturated carbocycles. The molecule has 1 aliphatic rings. The van der Waals surface area contributed by atoms with E-state index in [1.807, 2.05) is 31.2 Å². The first-order chi connectivity index (χ1) is 15.8. The largest absolute Gasteiger partial charge is 0.497 e. The number of nitrogens with one attached hydrogen (secondary N) is 2. The van der Waals surface area contributed by atoms with Crippen molar-refractivity contribution in [3.8, 4) is 5.75 Å². The van der Waals surface area contributed by atoms with Crippen molar-refractivity contribution < 1.29 is 27.5 Å². The predicted molar refractivity (Wildman–Crippen MR) is 122 cm³/mol. The van der Waals surface area contributed by atoms with E-state index in [1.54, 1.807) is 31.4 Å². The molecular formula is C23H29N3O6S. The smallest absolute Gasteiger partial charge is 0.309 e. The summed E-state index contributed by atoms with van der Waals surface area (Å²) in [5, 5.41) is 5.04. The molecule has 0 aromatic heterocycles. The van der Waals surface area contributed by atoms with Crippen molar-refractivity contribution in [3.63, 3.8) is 0 Å². The minimum atomic E-state index is -3.80. The molecular weight excluding hydrogens is 446 g/mol. The fraction of sp³-hybridized carbons (Fsp3) is 0.391. The second-order valence-electron chi connectivity index (χ2n) is 7.67. The third-order valence-corrected chi connectivity index (χ3v) is 7.19. The van der Waals surface area contributed by atoms with Crippen molar-refractivity contribution in [2.75, 3.05) is 33.4 Å². The highest BCUT2D eigenvalue weighted by Gasteiger charge is 2.34. The highest BCUT2D eigenvalue weighted by atomic mass is 32.2. The van der Waals surface area contributed by atoms with Crippen molar-refractivity contribution in [1.29, 1.82) is 0 Å². The zero-order valence-electron chi connectivity index (χ0n) is 18.7. The van der Waals surface area contributed by atoms with Gasteiger partial charge in [0.1, 0.15) is 12.0 Å². The normalized spacial score (nSPS) is 16.7. The van der Waals surface area contributed by atoms with Crippen molar-refractivity contribution >= 4 is 21.8 Å². The van der Waals surface area contributed by atoms with Crippen LogP contribution in [0.5, 0.6) is 5.75 Å². The Morgan fingerprint density at radius 3 is 2.39 bits per heavy atom. The summed E-state index contributed by atoms with van der Waals surface area (Å²) in [6.45, 7) is 2.67. The number of nitrogens with zero attached hydrogens (tertiary/aromatic N) is 1. The number of sulfonamides is 1. The summed E-state index contributed by atoms with van der Waals surface area (Å²) in [7, 11) is -2.21. The van der Waals surface area contributed by atoms with Gasteiger partial charge in [0.2, 0.25) is 10.0 Å². The standard InChI is InChI=1S/C23H29N3O6S/c1-17-4-10-20(11-5-17)33(29,30)26-14-3-15-32-21(26)16-25-23(28)22(27)24-13-12-18-6-8-19(31-2)9-7-18/h4-11,21H,3,12-16H2,1-2H3,(H,24,27)(H,25,28)/t21-/m1/s1.